The molecule has 0 aliphatic heterocycles. The van der Waals surface area contributed by atoms with Gasteiger partial charge >= 0.3 is 0 Å². The Morgan fingerprint density at radius 1 is 0.870 bits per heavy atom. The highest BCUT2D eigenvalue weighted by Gasteiger charge is 2.63. The minimum atomic E-state index is -0.248. The molecular formula is C19H31IO3. The van der Waals surface area contributed by atoms with Crippen molar-refractivity contribution >= 4 is 22.6 Å². The first-order chi connectivity index (χ1) is 10.8. The maximum Gasteiger partial charge on any atom is 0.0714 e. The van der Waals surface area contributed by atoms with E-state index in [4.69, 9.17) is 0 Å². The molecule has 4 heteroatoms. The second-order valence-corrected chi connectivity index (χ2v) is 11.1. The second kappa shape index (κ2) is 5.55. The number of rotatable bonds is 0. The Morgan fingerprint density at radius 2 is 1.57 bits per heavy atom. The van der Waals surface area contributed by atoms with Crippen molar-refractivity contribution in [1.29, 1.82) is 0 Å². The molecule has 3 N–H and O–H groups in total. The molecule has 4 rings (SSSR count). The Bertz CT molecular complexity index is 485. The van der Waals surface area contributed by atoms with Crippen molar-refractivity contribution in [3.63, 3.8) is 0 Å². The smallest absolute Gasteiger partial charge is 0.0714 e. The minimum Gasteiger partial charge on any atom is -0.393 e. The van der Waals surface area contributed by atoms with Crippen molar-refractivity contribution in [2.24, 2.45) is 34.5 Å². The van der Waals surface area contributed by atoms with E-state index < -0.39 is 0 Å². The molecule has 0 aromatic rings. The van der Waals surface area contributed by atoms with Gasteiger partial charge in [0.05, 0.1) is 18.3 Å². The van der Waals surface area contributed by atoms with Crippen molar-refractivity contribution in [2.45, 2.75) is 81.0 Å². The van der Waals surface area contributed by atoms with E-state index in [1.807, 2.05) is 0 Å². The first kappa shape index (κ1) is 17.0. The van der Waals surface area contributed by atoms with Crippen LogP contribution in [0.15, 0.2) is 0 Å². The van der Waals surface area contributed by atoms with E-state index in [-0.39, 0.29) is 29.1 Å². The second-order valence-electron chi connectivity index (χ2n) is 9.47. The highest BCUT2D eigenvalue weighted by Crippen LogP contribution is 2.66. The monoisotopic (exact) mass is 434 g/mol. The molecule has 4 saturated carbocycles. The normalized spacial score (nSPS) is 62.3. The number of aliphatic hydroxyl groups excluding tert-OH is 3. The summed E-state index contributed by atoms with van der Waals surface area (Å²) in [5.41, 5.74) is 0.268. The number of halogens is 1. The van der Waals surface area contributed by atoms with E-state index in [2.05, 4.69) is 36.4 Å². The summed E-state index contributed by atoms with van der Waals surface area (Å²) in [6.45, 7) is 4.70. The summed E-state index contributed by atoms with van der Waals surface area (Å²) in [5.74, 6) is 1.83. The molecule has 0 radical (unpaired) electrons. The summed E-state index contributed by atoms with van der Waals surface area (Å²) >= 11 is 2.42. The molecule has 0 aromatic heterocycles. The van der Waals surface area contributed by atoms with Gasteiger partial charge in [-0.2, -0.15) is 0 Å². The van der Waals surface area contributed by atoms with Crippen LogP contribution in [0.3, 0.4) is 0 Å². The van der Waals surface area contributed by atoms with Gasteiger partial charge < -0.3 is 15.3 Å². The maximum atomic E-state index is 11.0. The first-order valence-electron chi connectivity index (χ1n) is 9.45. The molecule has 0 amide bonds. The average molecular weight is 434 g/mol. The summed E-state index contributed by atoms with van der Waals surface area (Å²) in [4.78, 5) is 0. The molecule has 0 saturated heterocycles. The third kappa shape index (κ3) is 2.30. The third-order valence-electron chi connectivity index (χ3n) is 8.59. The largest absolute Gasteiger partial charge is 0.393 e. The molecular weight excluding hydrogens is 403 g/mol. The fraction of sp³-hybridized carbons (Fsp3) is 1.00. The molecule has 4 aliphatic carbocycles. The van der Waals surface area contributed by atoms with Crippen LogP contribution in [-0.2, 0) is 0 Å². The first-order valence-corrected chi connectivity index (χ1v) is 10.7. The molecule has 132 valence electrons. The predicted octanol–water partition coefficient (Wildman–Crippen LogP) is 3.14. The van der Waals surface area contributed by atoms with Crippen LogP contribution in [0.25, 0.3) is 0 Å². The van der Waals surface area contributed by atoms with Crippen molar-refractivity contribution < 1.29 is 15.3 Å². The Hall–Kier alpha value is 0.610. The quantitative estimate of drug-likeness (QED) is 0.406. The van der Waals surface area contributed by atoms with E-state index in [9.17, 15) is 15.3 Å². The van der Waals surface area contributed by atoms with Gasteiger partial charge in [-0.3, -0.25) is 0 Å². The topological polar surface area (TPSA) is 60.7 Å². The lowest BCUT2D eigenvalue weighted by atomic mass is 9.44. The van der Waals surface area contributed by atoms with Gasteiger partial charge in [-0.1, -0.05) is 36.4 Å². The van der Waals surface area contributed by atoms with E-state index in [0.29, 0.717) is 27.6 Å². The van der Waals surface area contributed by atoms with E-state index in [1.165, 1.54) is 0 Å². The van der Waals surface area contributed by atoms with Crippen LogP contribution in [0.4, 0.5) is 0 Å². The summed E-state index contributed by atoms with van der Waals surface area (Å²) in [6.07, 6.45) is 6.40. The number of hydrogen-bond donors (Lipinski definition) is 3. The molecule has 4 aliphatic rings. The molecule has 0 spiro atoms. The van der Waals surface area contributed by atoms with Crippen molar-refractivity contribution in [1.82, 2.24) is 0 Å². The van der Waals surface area contributed by atoms with Crippen LogP contribution in [0, 0.1) is 34.5 Å². The molecule has 0 heterocycles. The van der Waals surface area contributed by atoms with Gasteiger partial charge in [-0.25, -0.2) is 0 Å². The Morgan fingerprint density at radius 3 is 2.30 bits per heavy atom. The van der Waals surface area contributed by atoms with Gasteiger partial charge in [0.25, 0.3) is 0 Å². The van der Waals surface area contributed by atoms with Gasteiger partial charge in [-0.05, 0) is 79.4 Å². The Balaban J connectivity index is 1.68. The summed E-state index contributed by atoms with van der Waals surface area (Å²) in [7, 11) is 0. The molecule has 23 heavy (non-hydrogen) atoms. The molecule has 0 bridgehead atoms. The molecule has 3 nitrogen and oxygen atoms in total. The summed E-state index contributed by atoms with van der Waals surface area (Å²) < 4.78 is 0.326. The van der Waals surface area contributed by atoms with Crippen LogP contribution >= 0.6 is 22.6 Å². The van der Waals surface area contributed by atoms with Crippen molar-refractivity contribution in [2.75, 3.05) is 0 Å². The highest BCUT2D eigenvalue weighted by atomic mass is 127. The molecule has 4 fully saturated rings. The zero-order chi connectivity index (χ0) is 16.6. The van der Waals surface area contributed by atoms with Gasteiger partial charge in [0, 0.05) is 3.92 Å². The summed E-state index contributed by atoms with van der Waals surface area (Å²) in [5, 5.41) is 31.8. The fourth-order valence-electron chi connectivity index (χ4n) is 7.15. The van der Waals surface area contributed by atoms with Crippen LogP contribution in [0.5, 0.6) is 0 Å². The van der Waals surface area contributed by atoms with E-state index in [1.54, 1.807) is 0 Å². The van der Waals surface area contributed by atoms with Gasteiger partial charge in [0.15, 0.2) is 0 Å². The molecule has 0 unspecified atom stereocenters. The lowest BCUT2D eigenvalue weighted by Crippen LogP contribution is -2.58. The number of hydrogen-bond acceptors (Lipinski definition) is 3. The van der Waals surface area contributed by atoms with Crippen LogP contribution in [0.2, 0.25) is 0 Å². The maximum absolute atomic E-state index is 11.0. The van der Waals surface area contributed by atoms with E-state index in [0.717, 1.165) is 44.9 Å². The molecule has 10 atom stereocenters. The third-order valence-corrected chi connectivity index (χ3v) is 9.78. The van der Waals surface area contributed by atoms with Crippen molar-refractivity contribution in [3.05, 3.63) is 0 Å². The standard InChI is InChI=1S/C19H31IO3/c1-18-5-3-11(21)7-10(18)8-15(22)16-12(18)4-6-19(2)13(16)9-14(20)17(19)23/h10-17,21-23H,3-9H2,1-2H3/t10-,11+,12+,13+,14-,15+,16-,17+,18+,19+/m1/s1. The fourth-order valence-corrected chi connectivity index (χ4v) is 8.52. The Kier molecular flexibility index (Phi) is 4.11. The molecule has 0 aromatic carbocycles. The zero-order valence-electron chi connectivity index (χ0n) is 14.3. The van der Waals surface area contributed by atoms with Crippen LogP contribution in [0.1, 0.15) is 58.8 Å². The van der Waals surface area contributed by atoms with Crippen molar-refractivity contribution in [3.8, 4) is 0 Å². The number of aliphatic hydroxyl groups is 3. The highest BCUT2D eigenvalue weighted by molar-refractivity contribution is 14.1. The van der Waals surface area contributed by atoms with Crippen LogP contribution in [-0.4, -0.2) is 37.6 Å². The van der Waals surface area contributed by atoms with E-state index >= 15 is 0 Å². The number of alkyl halides is 1. The van der Waals surface area contributed by atoms with Gasteiger partial charge in [0.1, 0.15) is 0 Å². The summed E-state index contributed by atoms with van der Waals surface area (Å²) in [6, 6.07) is 0. The van der Waals surface area contributed by atoms with Gasteiger partial charge in [-0.15, -0.1) is 0 Å². The Labute approximate surface area is 153 Å². The number of fused-ring (bicyclic) bond motifs is 5. The minimum absolute atomic E-state index is 0.00855. The average Bonchev–Trinajstić information content (AvgIpc) is 2.73. The zero-order valence-corrected chi connectivity index (χ0v) is 16.4. The predicted molar refractivity (Wildman–Crippen MR) is 98.3 cm³/mol. The van der Waals surface area contributed by atoms with Gasteiger partial charge in [0.2, 0.25) is 0 Å². The SMILES string of the molecule is C[C@]12CC[C@H](O)C[C@@H]1C[C@H](O)[C@@H]1[C@@H]2CC[C@]2(C)[C@@H](O)[C@H](I)C[C@@H]12. The van der Waals surface area contributed by atoms with Crippen LogP contribution < -0.4 is 0 Å². The lowest BCUT2D eigenvalue weighted by Gasteiger charge is -2.61. The lowest BCUT2D eigenvalue weighted by molar-refractivity contribution is -0.176.